The van der Waals surface area contributed by atoms with Gasteiger partial charge in [-0.05, 0) is 43.9 Å². The lowest BCUT2D eigenvalue weighted by atomic mass is 10.0. The zero-order valence-electron chi connectivity index (χ0n) is 11.0. The molecule has 1 aliphatic rings. The molecule has 0 saturated carbocycles. The molecule has 0 amide bonds. The molecule has 1 aliphatic heterocycles. The standard InChI is InChI=1S/C15H24N2/c1-3-6-13(10-16)11-17-12(2)9-14-7-4-5-8-15(14)17/h4-5,7-8,12-13H,3,6,9-11,16H2,1-2H3. The number of rotatable bonds is 5. The normalized spacial score (nSPS) is 20.4. The van der Waals surface area contributed by atoms with Crippen LogP contribution >= 0.6 is 0 Å². The van der Waals surface area contributed by atoms with E-state index in [2.05, 4.69) is 43.0 Å². The lowest BCUT2D eigenvalue weighted by Crippen LogP contribution is -2.36. The summed E-state index contributed by atoms with van der Waals surface area (Å²) >= 11 is 0. The Morgan fingerprint density at radius 1 is 1.41 bits per heavy atom. The second-order valence-electron chi connectivity index (χ2n) is 5.22. The van der Waals surface area contributed by atoms with Crippen molar-refractivity contribution in [3.8, 4) is 0 Å². The summed E-state index contributed by atoms with van der Waals surface area (Å²) in [5.41, 5.74) is 8.79. The van der Waals surface area contributed by atoms with Crippen molar-refractivity contribution in [2.24, 2.45) is 11.7 Å². The molecule has 0 saturated heterocycles. The Kier molecular flexibility index (Phi) is 4.06. The molecule has 0 bridgehead atoms. The SMILES string of the molecule is CCCC(CN)CN1c2ccccc2CC1C. The van der Waals surface area contributed by atoms with Crippen molar-refractivity contribution in [2.45, 2.75) is 39.2 Å². The van der Waals surface area contributed by atoms with Crippen LogP contribution in [0, 0.1) is 5.92 Å². The Hall–Kier alpha value is -1.02. The van der Waals surface area contributed by atoms with Gasteiger partial charge in [-0.25, -0.2) is 0 Å². The maximum absolute atomic E-state index is 5.88. The first kappa shape index (κ1) is 12.4. The molecule has 0 spiro atoms. The minimum Gasteiger partial charge on any atom is -0.368 e. The molecule has 2 unspecified atom stereocenters. The summed E-state index contributed by atoms with van der Waals surface area (Å²) in [5, 5.41) is 0. The topological polar surface area (TPSA) is 29.3 Å². The second kappa shape index (κ2) is 5.54. The van der Waals surface area contributed by atoms with Gasteiger partial charge in [-0.2, -0.15) is 0 Å². The van der Waals surface area contributed by atoms with Gasteiger partial charge < -0.3 is 10.6 Å². The van der Waals surface area contributed by atoms with E-state index < -0.39 is 0 Å². The van der Waals surface area contributed by atoms with Crippen molar-refractivity contribution >= 4 is 5.69 Å². The maximum atomic E-state index is 5.88. The van der Waals surface area contributed by atoms with Crippen LogP contribution in [0.4, 0.5) is 5.69 Å². The molecule has 2 atom stereocenters. The van der Waals surface area contributed by atoms with Gasteiger partial charge >= 0.3 is 0 Å². The van der Waals surface area contributed by atoms with E-state index in [9.17, 15) is 0 Å². The molecule has 0 aromatic heterocycles. The smallest absolute Gasteiger partial charge is 0.0402 e. The van der Waals surface area contributed by atoms with Crippen LogP contribution in [0.3, 0.4) is 0 Å². The molecule has 0 aliphatic carbocycles. The van der Waals surface area contributed by atoms with Crippen LogP contribution in [0.25, 0.3) is 0 Å². The fourth-order valence-corrected chi connectivity index (χ4v) is 2.88. The van der Waals surface area contributed by atoms with Crippen molar-refractivity contribution < 1.29 is 0 Å². The lowest BCUT2D eigenvalue weighted by Gasteiger charge is -2.29. The molecular weight excluding hydrogens is 208 g/mol. The first-order valence-corrected chi connectivity index (χ1v) is 6.80. The van der Waals surface area contributed by atoms with Gasteiger partial charge in [0, 0.05) is 18.3 Å². The highest BCUT2D eigenvalue weighted by Crippen LogP contribution is 2.32. The monoisotopic (exact) mass is 232 g/mol. The number of nitrogens with zero attached hydrogens (tertiary/aromatic N) is 1. The van der Waals surface area contributed by atoms with Crippen LogP contribution in [0.5, 0.6) is 0 Å². The highest BCUT2D eigenvalue weighted by atomic mass is 15.2. The zero-order chi connectivity index (χ0) is 12.3. The molecule has 1 aromatic rings. The Morgan fingerprint density at radius 2 is 2.18 bits per heavy atom. The van der Waals surface area contributed by atoms with Crippen LogP contribution in [0.2, 0.25) is 0 Å². The summed E-state index contributed by atoms with van der Waals surface area (Å²) in [5.74, 6) is 0.633. The lowest BCUT2D eigenvalue weighted by molar-refractivity contribution is 0.467. The second-order valence-corrected chi connectivity index (χ2v) is 5.22. The molecule has 94 valence electrons. The van der Waals surface area contributed by atoms with Crippen molar-refractivity contribution in [2.75, 3.05) is 18.0 Å². The van der Waals surface area contributed by atoms with Crippen LogP contribution < -0.4 is 10.6 Å². The first-order valence-electron chi connectivity index (χ1n) is 6.80. The van der Waals surface area contributed by atoms with Crippen LogP contribution in [-0.4, -0.2) is 19.1 Å². The largest absolute Gasteiger partial charge is 0.368 e. The molecule has 0 fully saturated rings. The summed E-state index contributed by atoms with van der Waals surface area (Å²) in [4.78, 5) is 2.54. The number of para-hydroxylation sites is 1. The van der Waals surface area contributed by atoms with E-state index in [1.54, 1.807) is 0 Å². The average molecular weight is 232 g/mol. The van der Waals surface area contributed by atoms with Gasteiger partial charge in [-0.3, -0.25) is 0 Å². The Morgan fingerprint density at radius 3 is 2.88 bits per heavy atom. The van der Waals surface area contributed by atoms with Gasteiger partial charge in [0.2, 0.25) is 0 Å². The quantitative estimate of drug-likeness (QED) is 0.846. The first-order chi connectivity index (χ1) is 8.26. The van der Waals surface area contributed by atoms with Gasteiger partial charge in [0.25, 0.3) is 0 Å². The van der Waals surface area contributed by atoms with Gasteiger partial charge in [0.05, 0.1) is 0 Å². The van der Waals surface area contributed by atoms with E-state index in [1.807, 2.05) is 0 Å². The van der Waals surface area contributed by atoms with E-state index in [1.165, 1.54) is 30.5 Å². The van der Waals surface area contributed by atoms with Gasteiger partial charge in [-0.1, -0.05) is 31.5 Å². The third-order valence-corrected chi connectivity index (χ3v) is 3.83. The number of anilines is 1. The van der Waals surface area contributed by atoms with E-state index in [-0.39, 0.29) is 0 Å². The summed E-state index contributed by atoms with van der Waals surface area (Å²) in [6, 6.07) is 9.41. The molecular formula is C15H24N2. The predicted octanol–water partition coefficient (Wildman–Crippen LogP) is 2.81. The van der Waals surface area contributed by atoms with Crippen LogP contribution in [0.1, 0.15) is 32.3 Å². The Bertz CT molecular complexity index is 362. The number of hydrogen-bond acceptors (Lipinski definition) is 2. The average Bonchev–Trinajstić information content (AvgIpc) is 2.65. The molecule has 1 heterocycles. The predicted molar refractivity (Wildman–Crippen MR) is 74.4 cm³/mol. The molecule has 2 nitrogen and oxygen atoms in total. The van der Waals surface area contributed by atoms with E-state index in [0.717, 1.165) is 13.1 Å². The molecule has 0 radical (unpaired) electrons. The zero-order valence-corrected chi connectivity index (χ0v) is 11.0. The van der Waals surface area contributed by atoms with E-state index in [4.69, 9.17) is 5.73 Å². The number of hydrogen-bond donors (Lipinski definition) is 1. The fourth-order valence-electron chi connectivity index (χ4n) is 2.88. The number of nitrogens with two attached hydrogens (primary N) is 1. The van der Waals surface area contributed by atoms with Crippen LogP contribution in [0.15, 0.2) is 24.3 Å². The Balaban J connectivity index is 2.10. The summed E-state index contributed by atoms with van der Waals surface area (Å²) in [7, 11) is 0. The summed E-state index contributed by atoms with van der Waals surface area (Å²) in [6.07, 6.45) is 3.65. The van der Waals surface area contributed by atoms with Gasteiger partial charge in [-0.15, -0.1) is 0 Å². The summed E-state index contributed by atoms with van der Waals surface area (Å²) in [6.45, 7) is 6.48. The molecule has 2 N–H and O–H groups in total. The number of benzene rings is 1. The molecule has 17 heavy (non-hydrogen) atoms. The maximum Gasteiger partial charge on any atom is 0.0402 e. The van der Waals surface area contributed by atoms with Crippen molar-refractivity contribution in [1.29, 1.82) is 0 Å². The minimum atomic E-state index is 0.623. The third kappa shape index (κ3) is 2.63. The van der Waals surface area contributed by atoms with Gasteiger partial charge in [0.1, 0.15) is 0 Å². The summed E-state index contributed by atoms with van der Waals surface area (Å²) < 4.78 is 0. The van der Waals surface area contributed by atoms with E-state index >= 15 is 0 Å². The van der Waals surface area contributed by atoms with E-state index in [0.29, 0.717) is 12.0 Å². The molecule has 1 aromatic carbocycles. The van der Waals surface area contributed by atoms with Crippen molar-refractivity contribution in [3.05, 3.63) is 29.8 Å². The van der Waals surface area contributed by atoms with Gasteiger partial charge in [0.15, 0.2) is 0 Å². The minimum absolute atomic E-state index is 0.623. The number of fused-ring (bicyclic) bond motifs is 1. The van der Waals surface area contributed by atoms with Crippen molar-refractivity contribution in [1.82, 2.24) is 0 Å². The highest BCUT2D eigenvalue weighted by Gasteiger charge is 2.26. The molecule has 2 rings (SSSR count). The highest BCUT2D eigenvalue weighted by molar-refractivity contribution is 5.59. The third-order valence-electron chi connectivity index (χ3n) is 3.83. The van der Waals surface area contributed by atoms with Crippen LogP contribution in [-0.2, 0) is 6.42 Å². The fraction of sp³-hybridized carbons (Fsp3) is 0.600. The Labute approximate surface area is 105 Å². The van der Waals surface area contributed by atoms with Crippen molar-refractivity contribution in [3.63, 3.8) is 0 Å². The molecule has 2 heteroatoms.